The fourth-order valence-electron chi connectivity index (χ4n) is 2.52. The van der Waals surface area contributed by atoms with Crippen molar-refractivity contribution in [3.05, 3.63) is 59.9 Å². The quantitative estimate of drug-likeness (QED) is 0.698. The van der Waals surface area contributed by atoms with E-state index < -0.39 is 27.8 Å². The van der Waals surface area contributed by atoms with Gasteiger partial charge in [0.2, 0.25) is 15.9 Å². The molecule has 1 amide bonds. The third-order valence-electron chi connectivity index (χ3n) is 3.86. The van der Waals surface area contributed by atoms with Crippen LogP contribution in [0.4, 0.5) is 10.1 Å². The van der Waals surface area contributed by atoms with Crippen molar-refractivity contribution in [3.63, 3.8) is 0 Å². The van der Waals surface area contributed by atoms with E-state index in [2.05, 4.69) is 5.32 Å². The summed E-state index contributed by atoms with van der Waals surface area (Å²) in [4.78, 5) is 12.4. The molecule has 2 aromatic rings. The van der Waals surface area contributed by atoms with E-state index >= 15 is 0 Å². The molecule has 0 fully saturated rings. The van der Waals surface area contributed by atoms with E-state index in [1.165, 1.54) is 19.1 Å². The first-order valence-corrected chi connectivity index (χ1v) is 10.3. The minimum atomic E-state index is -3.73. The number of ether oxygens (including phenoxy) is 1. The van der Waals surface area contributed by atoms with Crippen molar-refractivity contribution in [1.82, 2.24) is 5.32 Å². The normalized spacial score (nSPS) is 12.3. The average molecular weight is 394 g/mol. The van der Waals surface area contributed by atoms with Crippen LogP contribution in [-0.4, -0.2) is 39.8 Å². The van der Waals surface area contributed by atoms with Gasteiger partial charge in [0.25, 0.3) is 0 Å². The first-order valence-electron chi connectivity index (χ1n) is 8.40. The highest BCUT2D eigenvalue weighted by molar-refractivity contribution is 7.92. The zero-order valence-corrected chi connectivity index (χ0v) is 16.3. The molecular weight excluding hydrogens is 371 g/mol. The second kappa shape index (κ2) is 8.85. The molecule has 0 aliphatic carbocycles. The van der Waals surface area contributed by atoms with Crippen LogP contribution in [-0.2, 0) is 14.8 Å². The van der Waals surface area contributed by atoms with E-state index in [0.29, 0.717) is 5.75 Å². The Morgan fingerprint density at radius 2 is 1.74 bits per heavy atom. The van der Waals surface area contributed by atoms with Crippen LogP contribution in [0.5, 0.6) is 5.75 Å². The van der Waals surface area contributed by atoms with Crippen LogP contribution in [0.3, 0.4) is 0 Å². The Morgan fingerprint density at radius 3 is 2.30 bits per heavy atom. The monoisotopic (exact) mass is 394 g/mol. The summed E-state index contributed by atoms with van der Waals surface area (Å²) in [6.45, 7) is 3.91. The maximum absolute atomic E-state index is 13.1. The van der Waals surface area contributed by atoms with Gasteiger partial charge in [-0.05, 0) is 50.2 Å². The van der Waals surface area contributed by atoms with E-state index in [9.17, 15) is 17.6 Å². The molecule has 0 spiro atoms. The van der Waals surface area contributed by atoms with Crippen LogP contribution < -0.4 is 14.4 Å². The molecule has 0 heterocycles. The minimum Gasteiger partial charge on any atom is -0.492 e. The summed E-state index contributed by atoms with van der Waals surface area (Å²) in [5.41, 5.74) is 1.34. The summed E-state index contributed by atoms with van der Waals surface area (Å²) < 4.78 is 43.9. The van der Waals surface area contributed by atoms with Gasteiger partial charge in [0.05, 0.1) is 18.5 Å². The molecule has 0 bridgehead atoms. The van der Waals surface area contributed by atoms with Crippen LogP contribution in [0, 0.1) is 12.7 Å². The number of aryl methyl sites for hydroxylation is 1. The molecule has 0 saturated carbocycles. The lowest BCUT2D eigenvalue weighted by atomic mass is 10.2. The summed E-state index contributed by atoms with van der Waals surface area (Å²) in [5, 5.41) is 2.65. The summed E-state index contributed by atoms with van der Waals surface area (Å²) in [5.74, 6) is -0.276. The maximum atomic E-state index is 13.1. The zero-order chi connectivity index (χ0) is 20.0. The van der Waals surface area contributed by atoms with Crippen molar-refractivity contribution in [3.8, 4) is 5.75 Å². The van der Waals surface area contributed by atoms with Crippen LogP contribution >= 0.6 is 0 Å². The molecule has 0 radical (unpaired) electrons. The molecule has 0 aliphatic rings. The molecule has 0 aromatic heterocycles. The number of rotatable bonds is 8. The molecule has 27 heavy (non-hydrogen) atoms. The third-order valence-corrected chi connectivity index (χ3v) is 5.10. The van der Waals surface area contributed by atoms with Crippen molar-refractivity contribution in [2.24, 2.45) is 0 Å². The van der Waals surface area contributed by atoms with Gasteiger partial charge >= 0.3 is 0 Å². The Balaban J connectivity index is 1.96. The molecule has 6 nitrogen and oxygen atoms in total. The Bertz CT molecular complexity index is 868. The average Bonchev–Trinajstić information content (AvgIpc) is 2.60. The van der Waals surface area contributed by atoms with E-state index in [1.54, 1.807) is 0 Å². The lowest BCUT2D eigenvalue weighted by molar-refractivity contribution is -0.121. The summed E-state index contributed by atoms with van der Waals surface area (Å²) in [6, 6.07) is 11.4. The maximum Gasteiger partial charge on any atom is 0.243 e. The number of halogens is 1. The summed E-state index contributed by atoms with van der Waals surface area (Å²) >= 11 is 0. The molecule has 146 valence electrons. The molecule has 0 aliphatic heterocycles. The first-order chi connectivity index (χ1) is 12.7. The van der Waals surface area contributed by atoms with Crippen molar-refractivity contribution in [2.75, 3.05) is 23.7 Å². The number of nitrogens with zero attached hydrogens (tertiary/aromatic N) is 1. The summed E-state index contributed by atoms with van der Waals surface area (Å²) in [6.07, 6.45) is 1.00. The predicted molar refractivity (Wildman–Crippen MR) is 103 cm³/mol. The number of hydrogen-bond acceptors (Lipinski definition) is 4. The molecule has 1 atom stereocenters. The first kappa shape index (κ1) is 20.7. The smallest absolute Gasteiger partial charge is 0.243 e. The molecular formula is C19H23FN2O4S. The second-order valence-corrected chi connectivity index (χ2v) is 8.02. The fraction of sp³-hybridized carbons (Fsp3) is 0.316. The lowest BCUT2D eigenvalue weighted by Gasteiger charge is -2.28. The van der Waals surface area contributed by atoms with Gasteiger partial charge < -0.3 is 10.1 Å². The van der Waals surface area contributed by atoms with E-state index in [1.807, 2.05) is 31.2 Å². The molecule has 2 aromatic carbocycles. The van der Waals surface area contributed by atoms with Gasteiger partial charge in [-0.3, -0.25) is 9.10 Å². The number of sulfonamides is 1. The van der Waals surface area contributed by atoms with Gasteiger partial charge in [0.1, 0.15) is 24.2 Å². The number of carbonyl (C=O) groups excluding carboxylic acids is 1. The highest BCUT2D eigenvalue weighted by Crippen LogP contribution is 2.21. The lowest BCUT2D eigenvalue weighted by Crippen LogP contribution is -2.48. The second-order valence-electron chi connectivity index (χ2n) is 6.16. The molecule has 2 rings (SSSR count). The Labute approximate surface area is 159 Å². The minimum absolute atomic E-state index is 0.220. The summed E-state index contributed by atoms with van der Waals surface area (Å²) in [7, 11) is -3.73. The SMILES string of the molecule is Cc1ccc(OCCNC(=O)[C@H](C)N(c2ccc(F)cc2)S(C)(=O)=O)cc1. The van der Waals surface area contributed by atoms with Gasteiger partial charge in [-0.25, -0.2) is 12.8 Å². The van der Waals surface area contributed by atoms with Gasteiger partial charge in [0.15, 0.2) is 0 Å². The van der Waals surface area contributed by atoms with Crippen LogP contribution in [0.1, 0.15) is 12.5 Å². The van der Waals surface area contributed by atoms with Crippen LogP contribution in [0.2, 0.25) is 0 Å². The number of benzene rings is 2. The van der Waals surface area contributed by atoms with E-state index in [-0.39, 0.29) is 18.8 Å². The topological polar surface area (TPSA) is 75.7 Å². The Kier molecular flexibility index (Phi) is 6.79. The fourth-order valence-corrected chi connectivity index (χ4v) is 3.70. The highest BCUT2D eigenvalue weighted by Gasteiger charge is 2.28. The molecule has 0 unspecified atom stereocenters. The number of nitrogens with one attached hydrogen (secondary N) is 1. The van der Waals surface area contributed by atoms with Crippen molar-refractivity contribution in [1.29, 1.82) is 0 Å². The largest absolute Gasteiger partial charge is 0.492 e. The zero-order valence-electron chi connectivity index (χ0n) is 15.5. The van der Waals surface area contributed by atoms with Crippen molar-refractivity contribution in [2.45, 2.75) is 19.9 Å². The highest BCUT2D eigenvalue weighted by atomic mass is 32.2. The molecule has 1 N–H and O–H groups in total. The Morgan fingerprint density at radius 1 is 1.15 bits per heavy atom. The van der Waals surface area contributed by atoms with Gasteiger partial charge in [-0.1, -0.05) is 17.7 Å². The van der Waals surface area contributed by atoms with E-state index in [0.717, 1.165) is 28.3 Å². The van der Waals surface area contributed by atoms with Crippen LogP contribution in [0.25, 0.3) is 0 Å². The number of carbonyl (C=O) groups is 1. The number of anilines is 1. The van der Waals surface area contributed by atoms with Crippen molar-refractivity contribution < 1.29 is 22.3 Å². The van der Waals surface area contributed by atoms with Gasteiger partial charge in [-0.2, -0.15) is 0 Å². The van der Waals surface area contributed by atoms with Gasteiger partial charge in [-0.15, -0.1) is 0 Å². The standard InChI is InChI=1S/C19H23FN2O4S/c1-14-4-10-18(11-5-14)26-13-12-21-19(23)15(2)22(27(3,24)25)17-8-6-16(20)7-9-17/h4-11,15H,12-13H2,1-3H3,(H,21,23)/t15-/m0/s1. The van der Waals surface area contributed by atoms with E-state index in [4.69, 9.17) is 4.74 Å². The third kappa shape index (κ3) is 5.96. The molecule has 0 saturated heterocycles. The predicted octanol–water partition coefficient (Wildman–Crippen LogP) is 2.48. The van der Waals surface area contributed by atoms with Crippen molar-refractivity contribution >= 4 is 21.6 Å². The molecule has 8 heteroatoms. The Hall–Kier alpha value is -2.61. The number of hydrogen-bond donors (Lipinski definition) is 1. The number of amides is 1. The van der Waals surface area contributed by atoms with Crippen LogP contribution in [0.15, 0.2) is 48.5 Å². The van der Waals surface area contributed by atoms with Gasteiger partial charge in [0, 0.05) is 0 Å².